The number of hydrogen-bond acceptors (Lipinski definition) is 2. The summed E-state index contributed by atoms with van der Waals surface area (Å²) in [6.07, 6.45) is 2.46. The van der Waals surface area contributed by atoms with Crippen LogP contribution in [0.25, 0.3) is 0 Å². The van der Waals surface area contributed by atoms with Gasteiger partial charge in [0.05, 0.1) is 5.92 Å². The van der Waals surface area contributed by atoms with Gasteiger partial charge in [-0.2, -0.15) is 0 Å². The van der Waals surface area contributed by atoms with Crippen molar-refractivity contribution in [2.45, 2.75) is 40.0 Å². The largest absolute Gasteiger partial charge is 0.299 e. The van der Waals surface area contributed by atoms with Crippen molar-refractivity contribution in [2.24, 2.45) is 5.92 Å². The lowest BCUT2D eigenvalue weighted by atomic mass is 9.98. The minimum atomic E-state index is -0.387. The molecule has 0 aromatic heterocycles. The number of hydrogen-bond donors (Lipinski definition) is 0. The Balaban J connectivity index is 3.74. The Morgan fingerprint density at radius 2 is 1.91 bits per heavy atom. The monoisotopic (exact) mass is 156 g/mol. The molecule has 0 amide bonds. The molecule has 0 spiro atoms. The normalized spacial score (nSPS) is 12.6. The fourth-order valence-electron chi connectivity index (χ4n) is 0.794. The SMILES string of the molecule is CCCCC(=O)C(C)C(C)=O. The number of carbonyl (C=O) groups is 2. The Kier molecular flexibility index (Phi) is 4.75. The molecule has 0 saturated carbocycles. The molecule has 0 aliphatic carbocycles. The van der Waals surface area contributed by atoms with Gasteiger partial charge in [0.15, 0.2) is 0 Å². The molecule has 1 atom stereocenters. The highest BCUT2D eigenvalue weighted by Crippen LogP contribution is 2.05. The van der Waals surface area contributed by atoms with Crippen molar-refractivity contribution in [1.82, 2.24) is 0 Å². The number of unbranched alkanes of at least 4 members (excludes halogenated alkanes) is 1. The lowest BCUT2D eigenvalue weighted by Gasteiger charge is -2.04. The van der Waals surface area contributed by atoms with Crippen molar-refractivity contribution in [3.8, 4) is 0 Å². The van der Waals surface area contributed by atoms with Crippen LogP contribution in [0.2, 0.25) is 0 Å². The first kappa shape index (κ1) is 10.3. The van der Waals surface area contributed by atoms with Crippen LogP contribution in [0.1, 0.15) is 40.0 Å². The summed E-state index contributed by atoms with van der Waals surface area (Å²) in [7, 11) is 0. The van der Waals surface area contributed by atoms with Crippen LogP contribution in [0.3, 0.4) is 0 Å². The predicted octanol–water partition coefficient (Wildman–Crippen LogP) is 1.97. The molecule has 0 bridgehead atoms. The molecule has 11 heavy (non-hydrogen) atoms. The molecule has 64 valence electrons. The Morgan fingerprint density at radius 1 is 1.36 bits per heavy atom. The van der Waals surface area contributed by atoms with E-state index >= 15 is 0 Å². The molecular formula is C9H16O2. The van der Waals surface area contributed by atoms with Crippen LogP contribution in [0.4, 0.5) is 0 Å². The van der Waals surface area contributed by atoms with Gasteiger partial charge in [0.25, 0.3) is 0 Å². The fourth-order valence-corrected chi connectivity index (χ4v) is 0.794. The van der Waals surface area contributed by atoms with E-state index in [4.69, 9.17) is 0 Å². The van der Waals surface area contributed by atoms with Crippen molar-refractivity contribution in [2.75, 3.05) is 0 Å². The molecule has 0 fully saturated rings. The van der Waals surface area contributed by atoms with Crippen molar-refractivity contribution in [3.05, 3.63) is 0 Å². The number of carbonyl (C=O) groups excluding carboxylic acids is 2. The summed E-state index contributed by atoms with van der Waals surface area (Å²) < 4.78 is 0. The van der Waals surface area contributed by atoms with Gasteiger partial charge in [0.1, 0.15) is 11.6 Å². The van der Waals surface area contributed by atoms with Crippen LogP contribution in [0.15, 0.2) is 0 Å². The van der Waals surface area contributed by atoms with Gasteiger partial charge in [0, 0.05) is 6.42 Å². The highest BCUT2D eigenvalue weighted by molar-refractivity contribution is 6.00. The Morgan fingerprint density at radius 3 is 2.27 bits per heavy atom. The molecule has 0 aromatic carbocycles. The Hall–Kier alpha value is -0.660. The smallest absolute Gasteiger partial charge is 0.143 e. The van der Waals surface area contributed by atoms with Gasteiger partial charge in [-0.05, 0) is 20.3 Å². The minimum absolute atomic E-state index is 0.0221. The molecule has 1 unspecified atom stereocenters. The van der Waals surface area contributed by atoms with E-state index in [1.165, 1.54) is 6.92 Å². The zero-order valence-corrected chi connectivity index (χ0v) is 7.52. The predicted molar refractivity (Wildman–Crippen MR) is 44.4 cm³/mol. The lowest BCUT2D eigenvalue weighted by Crippen LogP contribution is -2.17. The average molecular weight is 156 g/mol. The molecule has 2 heteroatoms. The third-order valence-electron chi connectivity index (χ3n) is 1.87. The number of rotatable bonds is 5. The summed E-state index contributed by atoms with van der Waals surface area (Å²) in [5, 5.41) is 0. The van der Waals surface area contributed by atoms with Gasteiger partial charge in [-0.25, -0.2) is 0 Å². The summed E-state index contributed by atoms with van der Waals surface area (Å²) >= 11 is 0. The van der Waals surface area contributed by atoms with Crippen LogP contribution < -0.4 is 0 Å². The second-order valence-corrected chi connectivity index (χ2v) is 2.90. The molecule has 0 heterocycles. The molecule has 0 aliphatic heterocycles. The summed E-state index contributed by atoms with van der Waals surface area (Å²) in [5.74, 6) is -0.327. The number of ketones is 2. The molecular weight excluding hydrogens is 140 g/mol. The number of Topliss-reactive ketones (excluding diaryl/α,β-unsaturated/α-hetero) is 2. The maximum atomic E-state index is 11.1. The Labute approximate surface area is 68.0 Å². The second kappa shape index (κ2) is 5.05. The van der Waals surface area contributed by atoms with Gasteiger partial charge in [-0.3, -0.25) is 9.59 Å². The van der Waals surface area contributed by atoms with Crippen LogP contribution in [-0.2, 0) is 9.59 Å². The van der Waals surface area contributed by atoms with E-state index < -0.39 is 0 Å². The standard InChI is InChI=1S/C9H16O2/c1-4-5-6-9(11)7(2)8(3)10/h7H,4-6H2,1-3H3. The van der Waals surface area contributed by atoms with Crippen molar-refractivity contribution in [3.63, 3.8) is 0 Å². The zero-order chi connectivity index (χ0) is 8.85. The third kappa shape index (κ3) is 3.91. The lowest BCUT2D eigenvalue weighted by molar-refractivity contribution is -0.130. The molecule has 0 radical (unpaired) electrons. The highest BCUT2D eigenvalue weighted by Gasteiger charge is 2.15. The first-order chi connectivity index (χ1) is 5.09. The van der Waals surface area contributed by atoms with E-state index in [2.05, 4.69) is 0 Å². The summed E-state index contributed by atoms with van der Waals surface area (Å²) in [6.45, 7) is 5.18. The van der Waals surface area contributed by atoms with Crippen LogP contribution in [0.5, 0.6) is 0 Å². The zero-order valence-electron chi connectivity index (χ0n) is 7.52. The molecule has 0 N–H and O–H groups in total. The van der Waals surface area contributed by atoms with E-state index in [1.807, 2.05) is 6.92 Å². The van der Waals surface area contributed by atoms with Crippen LogP contribution >= 0.6 is 0 Å². The van der Waals surface area contributed by atoms with E-state index in [0.29, 0.717) is 6.42 Å². The van der Waals surface area contributed by atoms with Crippen molar-refractivity contribution in [1.29, 1.82) is 0 Å². The second-order valence-electron chi connectivity index (χ2n) is 2.90. The quantitative estimate of drug-likeness (QED) is 0.570. The van der Waals surface area contributed by atoms with Crippen molar-refractivity contribution >= 4 is 11.6 Å². The van der Waals surface area contributed by atoms with E-state index in [0.717, 1.165) is 12.8 Å². The first-order valence-corrected chi connectivity index (χ1v) is 4.12. The van der Waals surface area contributed by atoms with Gasteiger partial charge >= 0.3 is 0 Å². The highest BCUT2D eigenvalue weighted by atomic mass is 16.1. The summed E-state index contributed by atoms with van der Waals surface area (Å²) in [6, 6.07) is 0. The summed E-state index contributed by atoms with van der Waals surface area (Å²) in [4.78, 5) is 21.9. The summed E-state index contributed by atoms with van der Waals surface area (Å²) in [5.41, 5.74) is 0. The van der Waals surface area contributed by atoms with E-state index in [9.17, 15) is 9.59 Å². The Bertz CT molecular complexity index is 150. The van der Waals surface area contributed by atoms with Crippen LogP contribution in [-0.4, -0.2) is 11.6 Å². The maximum Gasteiger partial charge on any atom is 0.143 e. The molecule has 2 nitrogen and oxygen atoms in total. The molecule has 0 saturated heterocycles. The fraction of sp³-hybridized carbons (Fsp3) is 0.778. The molecule has 0 aliphatic rings. The maximum absolute atomic E-state index is 11.1. The van der Waals surface area contributed by atoms with Gasteiger partial charge in [-0.15, -0.1) is 0 Å². The van der Waals surface area contributed by atoms with Gasteiger partial charge in [0.2, 0.25) is 0 Å². The van der Waals surface area contributed by atoms with Gasteiger partial charge in [-0.1, -0.05) is 13.3 Å². The van der Waals surface area contributed by atoms with E-state index in [1.54, 1.807) is 6.92 Å². The van der Waals surface area contributed by atoms with E-state index in [-0.39, 0.29) is 17.5 Å². The average Bonchev–Trinajstić information content (AvgIpc) is 1.98. The van der Waals surface area contributed by atoms with Crippen LogP contribution in [0, 0.1) is 5.92 Å². The topological polar surface area (TPSA) is 34.1 Å². The first-order valence-electron chi connectivity index (χ1n) is 4.12. The molecule has 0 rings (SSSR count). The minimum Gasteiger partial charge on any atom is -0.299 e. The van der Waals surface area contributed by atoms with Crippen molar-refractivity contribution < 1.29 is 9.59 Å². The third-order valence-corrected chi connectivity index (χ3v) is 1.87. The molecule has 0 aromatic rings. The van der Waals surface area contributed by atoms with Gasteiger partial charge < -0.3 is 0 Å².